The maximum Gasteiger partial charge on any atom is 0.343 e. The van der Waals surface area contributed by atoms with Crippen LogP contribution in [0, 0.1) is 12.8 Å². The van der Waals surface area contributed by atoms with Gasteiger partial charge in [0.15, 0.2) is 8.32 Å². The van der Waals surface area contributed by atoms with Gasteiger partial charge in [-0.15, -0.1) is 0 Å². The average Bonchev–Trinajstić information content (AvgIpc) is 2.68. The normalized spacial score (nSPS) is 13.5. The van der Waals surface area contributed by atoms with E-state index in [9.17, 15) is 14.4 Å². The van der Waals surface area contributed by atoms with Crippen LogP contribution in [0.5, 0.6) is 5.88 Å². The van der Waals surface area contributed by atoms with Gasteiger partial charge in [0.05, 0.1) is 19.1 Å². The molecule has 0 saturated heterocycles. The minimum Gasteiger partial charge on any atom is -0.481 e. The van der Waals surface area contributed by atoms with Gasteiger partial charge in [-0.3, -0.25) is 4.79 Å². The molecule has 0 fully saturated rings. The van der Waals surface area contributed by atoms with Crippen LogP contribution in [0.25, 0.3) is 11.0 Å². The number of hydrogen-bond donors (Lipinski definition) is 1. The highest BCUT2D eigenvalue weighted by molar-refractivity contribution is 6.72. The van der Waals surface area contributed by atoms with E-state index in [1.807, 2.05) is 24.6 Å². The number of hydrogen-bond acceptors (Lipinski definition) is 6. The van der Waals surface area contributed by atoms with E-state index in [1.165, 1.54) is 0 Å². The first-order valence-corrected chi connectivity index (χ1v) is 14.2. The SMILES string of the molecule is CCOC(=O)c1cn([C@H](CCC(C)(C)[Si](C)(C)O)C(C)C)c2nc(OC)c(C)cc2c1=O. The summed E-state index contributed by atoms with van der Waals surface area (Å²) in [5, 5.41) is 0.177. The molecule has 7 nitrogen and oxygen atoms in total. The Morgan fingerprint density at radius 2 is 1.94 bits per heavy atom. The minimum absolute atomic E-state index is 0.00694. The standard InChI is InChI=1S/C24H38N2O5Si/c1-10-31-23(28)18-14-26(19(15(2)3)11-12-24(5,6)32(8,9)29)21-17(20(18)27)13-16(4)22(25-21)30-7/h13-15,19,29H,10-12H2,1-9H3/t19-/m1/s1. The number of pyridine rings is 2. The fraction of sp³-hybridized carbons (Fsp3) is 0.625. The van der Waals surface area contributed by atoms with Crippen LogP contribution in [0.1, 0.15) is 69.4 Å². The second-order valence-electron chi connectivity index (χ2n) is 9.98. The van der Waals surface area contributed by atoms with Gasteiger partial charge in [0.2, 0.25) is 11.3 Å². The van der Waals surface area contributed by atoms with E-state index >= 15 is 0 Å². The second-order valence-corrected chi connectivity index (χ2v) is 14.4. The summed E-state index contributed by atoms with van der Waals surface area (Å²) >= 11 is 0. The van der Waals surface area contributed by atoms with Crippen molar-refractivity contribution in [3.8, 4) is 5.88 Å². The summed E-state index contributed by atoms with van der Waals surface area (Å²) in [5.74, 6) is 0.0127. The summed E-state index contributed by atoms with van der Waals surface area (Å²) < 4.78 is 12.5. The van der Waals surface area contributed by atoms with Crippen molar-refractivity contribution in [2.24, 2.45) is 5.92 Å². The summed E-state index contributed by atoms with van der Waals surface area (Å²) in [7, 11) is -0.832. The number of aryl methyl sites for hydroxylation is 1. The highest BCUT2D eigenvalue weighted by Crippen LogP contribution is 2.42. The molecule has 178 valence electrons. The number of nitrogens with zero attached hydrogens (tertiary/aromatic N) is 2. The van der Waals surface area contributed by atoms with Crippen LogP contribution in [-0.4, -0.2) is 42.4 Å². The Morgan fingerprint density at radius 1 is 1.31 bits per heavy atom. The third-order valence-electron chi connectivity index (χ3n) is 6.69. The molecular weight excluding hydrogens is 424 g/mol. The van der Waals surface area contributed by atoms with Gasteiger partial charge < -0.3 is 18.8 Å². The summed E-state index contributed by atoms with van der Waals surface area (Å²) in [6.07, 6.45) is 3.15. The molecule has 2 heterocycles. The van der Waals surface area contributed by atoms with Crippen molar-refractivity contribution < 1.29 is 19.1 Å². The van der Waals surface area contributed by atoms with Crippen molar-refractivity contribution in [2.75, 3.05) is 13.7 Å². The number of rotatable bonds is 9. The average molecular weight is 463 g/mol. The van der Waals surface area contributed by atoms with Crippen LogP contribution in [0.4, 0.5) is 0 Å². The number of ether oxygens (including phenoxy) is 2. The first-order chi connectivity index (χ1) is 14.7. The van der Waals surface area contributed by atoms with Crippen molar-refractivity contribution in [3.63, 3.8) is 0 Å². The lowest BCUT2D eigenvalue weighted by Crippen LogP contribution is -2.39. The zero-order valence-electron chi connectivity index (χ0n) is 20.9. The highest BCUT2D eigenvalue weighted by Gasteiger charge is 2.38. The Balaban J connectivity index is 2.74. The van der Waals surface area contributed by atoms with Gasteiger partial charge in [0.25, 0.3) is 0 Å². The smallest absolute Gasteiger partial charge is 0.343 e. The first-order valence-electron chi connectivity index (χ1n) is 11.2. The summed E-state index contributed by atoms with van der Waals surface area (Å²) in [4.78, 5) is 41.2. The Morgan fingerprint density at radius 3 is 2.44 bits per heavy atom. The van der Waals surface area contributed by atoms with Crippen molar-refractivity contribution in [3.05, 3.63) is 33.6 Å². The van der Waals surface area contributed by atoms with Gasteiger partial charge >= 0.3 is 5.97 Å². The third-order valence-corrected chi connectivity index (χ3v) is 10.2. The molecule has 0 aliphatic carbocycles. The fourth-order valence-electron chi connectivity index (χ4n) is 3.78. The number of carbonyl (C=O) groups excluding carboxylic acids is 1. The first kappa shape index (κ1) is 26.1. The molecule has 1 atom stereocenters. The molecule has 2 aromatic heterocycles. The Hall–Kier alpha value is -2.19. The largest absolute Gasteiger partial charge is 0.481 e. The fourth-order valence-corrected chi connectivity index (χ4v) is 4.53. The van der Waals surface area contributed by atoms with Crippen molar-refractivity contribution in [1.82, 2.24) is 9.55 Å². The monoisotopic (exact) mass is 462 g/mol. The molecule has 0 amide bonds. The Labute approximate surface area is 191 Å². The van der Waals surface area contributed by atoms with Gasteiger partial charge in [0.1, 0.15) is 11.2 Å². The van der Waals surface area contributed by atoms with Crippen molar-refractivity contribution in [1.29, 1.82) is 0 Å². The van der Waals surface area contributed by atoms with E-state index < -0.39 is 14.3 Å². The molecule has 0 aromatic carbocycles. The maximum absolute atomic E-state index is 13.2. The van der Waals surface area contributed by atoms with Crippen LogP contribution >= 0.6 is 0 Å². The predicted molar refractivity (Wildman–Crippen MR) is 130 cm³/mol. The molecule has 0 radical (unpaired) electrons. The van der Waals surface area contributed by atoms with E-state index in [1.54, 1.807) is 26.3 Å². The summed E-state index contributed by atoms with van der Waals surface area (Å²) in [6, 6.07) is 1.69. The van der Waals surface area contributed by atoms with E-state index in [0.717, 1.165) is 18.4 Å². The van der Waals surface area contributed by atoms with E-state index in [4.69, 9.17) is 9.47 Å². The Bertz CT molecular complexity index is 1040. The van der Waals surface area contributed by atoms with Gasteiger partial charge in [0, 0.05) is 17.8 Å². The highest BCUT2D eigenvalue weighted by atomic mass is 28.4. The molecule has 0 aliphatic rings. The summed E-state index contributed by atoms with van der Waals surface area (Å²) in [6.45, 7) is 16.1. The van der Waals surface area contributed by atoms with Gasteiger partial charge in [-0.05, 0) is 56.8 Å². The molecule has 0 unspecified atom stereocenters. The lowest BCUT2D eigenvalue weighted by molar-refractivity contribution is 0.0523. The maximum atomic E-state index is 13.2. The molecule has 32 heavy (non-hydrogen) atoms. The van der Waals surface area contributed by atoms with Crippen LogP contribution in [0.15, 0.2) is 17.1 Å². The molecule has 2 aromatic rings. The third kappa shape index (κ3) is 5.23. The molecule has 8 heteroatoms. The van der Waals surface area contributed by atoms with Crippen molar-refractivity contribution in [2.45, 2.75) is 78.6 Å². The quantitative estimate of drug-likeness (QED) is 0.423. The minimum atomic E-state index is -2.38. The number of methoxy groups -OCH3 is 1. The van der Waals surface area contributed by atoms with Crippen LogP contribution in [-0.2, 0) is 4.74 Å². The Kier molecular flexibility index (Phi) is 7.94. The summed E-state index contributed by atoms with van der Waals surface area (Å²) in [5.41, 5.74) is 0.828. The zero-order valence-corrected chi connectivity index (χ0v) is 21.9. The predicted octanol–water partition coefficient (Wildman–Crippen LogP) is 4.85. The number of fused-ring (bicyclic) bond motifs is 1. The molecule has 0 aliphatic heterocycles. The zero-order chi connectivity index (χ0) is 24.4. The molecule has 0 spiro atoms. The lowest BCUT2D eigenvalue weighted by atomic mass is 9.94. The van der Waals surface area contributed by atoms with E-state index in [0.29, 0.717) is 16.9 Å². The molecular formula is C24H38N2O5Si. The molecule has 2 rings (SSSR count). The van der Waals surface area contributed by atoms with Gasteiger partial charge in [-0.1, -0.05) is 27.7 Å². The molecule has 0 saturated carbocycles. The van der Waals surface area contributed by atoms with E-state index in [2.05, 4.69) is 32.7 Å². The van der Waals surface area contributed by atoms with Gasteiger partial charge in [-0.25, -0.2) is 4.79 Å². The molecule has 0 bridgehead atoms. The van der Waals surface area contributed by atoms with Crippen molar-refractivity contribution >= 4 is 25.3 Å². The number of aromatic nitrogens is 2. The lowest BCUT2D eigenvalue weighted by Gasteiger charge is -2.37. The van der Waals surface area contributed by atoms with Crippen LogP contribution in [0.3, 0.4) is 0 Å². The second kappa shape index (κ2) is 9.75. The number of esters is 1. The van der Waals surface area contributed by atoms with E-state index in [-0.39, 0.29) is 34.6 Å². The topological polar surface area (TPSA) is 90.7 Å². The van der Waals surface area contributed by atoms with Gasteiger partial charge in [-0.2, -0.15) is 4.98 Å². The van der Waals surface area contributed by atoms with Crippen LogP contribution in [0.2, 0.25) is 18.1 Å². The van der Waals surface area contributed by atoms with Crippen LogP contribution < -0.4 is 10.2 Å². The molecule has 1 N–H and O–H groups in total. The number of carbonyl (C=O) groups is 1.